The molecule has 0 aromatic carbocycles. The molecule has 132 valence electrons. The topological polar surface area (TPSA) is 49.8 Å². The number of likely N-dealkylation sites (N-methyl/N-ethyl adjacent to an activating group) is 1. The van der Waals surface area contributed by atoms with E-state index in [-0.39, 0.29) is 11.8 Å². The van der Waals surface area contributed by atoms with Crippen LogP contribution in [0.5, 0.6) is 0 Å². The summed E-state index contributed by atoms with van der Waals surface area (Å²) in [5.74, 6) is 3.02. The summed E-state index contributed by atoms with van der Waals surface area (Å²) in [5.41, 5.74) is 0.0565. The van der Waals surface area contributed by atoms with Crippen molar-refractivity contribution in [3.8, 4) is 12.3 Å². The summed E-state index contributed by atoms with van der Waals surface area (Å²) >= 11 is 0. The largest absolute Gasteiger partial charge is 0.387 e. The number of terminal acetylenes is 1. The Morgan fingerprint density at radius 2 is 2.25 bits per heavy atom. The van der Waals surface area contributed by atoms with Gasteiger partial charge in [-0.05, 0) is 45.9 Å². The molecule has 2 aliphatic rings. The Balaban J connectivity index is 2.57. The van der Waals surface area contributed by atoms with Gasteiger partial charge in [-0.2, -0.15) is 0 Å². The summed E-state index contributed by atoms with van der Waals surface area (Å²) in [6, 6.07) is -0.0431. The standard InChI is InChI=1S/C20H29NO3/c1-6-18(15(2)8-7-13-24-5)19-11-12-21(4)16(3)20(19,23)10-9-17(22)14-19/h1,7-8,16,23H,9-14H2,2-5H3/b8-7-,18-15+. The number of hydrogen-bond donors (Lipinski definition) is 1. The molecule has 1 heterocycles. The smallest absolute Gasteiger partial charge is 0.134 e. The average molecular weight is 331 g/mol. The molecular weight excluding hydrogens is 302 g/mol. The van der Waals surface area contributed by atoms with Gasteiger partial charge in [0.05, 0.1) is 12.2 Å². The monoisotopic (exact) mass is 331 g/mol. The molecule has 0 amide bonds. The van der Waals surface area contributed by atoms with E-state index in [9.17, 15) is 9.90 Å². The SMILES string of the molecule is C#C/C(=C(C)\C=C/COC)C12CCN(C)C(C)C1(O)CCC(=O)C2. The van der Waals surface area contributed by atoms with Crippen molar-refractivity contribution in [1.82, 2.24) is 4.90 Å². The molecule has 4 heteroatoms. The third-order valence-corrected chi connectivity index (χ3v) is 6.00. The third-order valence-electron chi connectivity index (χ3n) is 6.00. The van der Waals surface area contributed by atoms with Gasteiger partial charge in [0.1, 0.15) is 5.78 Å². The van der Waals surface area contributed by atoms with E-state index in [0.29, 0.717) is 32.3 Å². The highest BCUT2D eigenvalue weighted by molar-refractivity contribution is 5.82. The molecule has 2 rings (SSSR count). The number of methoxy groups -OCH3 is 1. The summed E-state index contributed by atoms with van der Waals surface area (Å²) < 4.78 is 5.05. The summed E-state index contributed by atoms with van der Waals surface area (Å²) in [6.07, 6.45) is 11.7. The lowest BCUT2D eigenvalue weighted by atomic mass is 9.53. The maximum absolute atomic E-state index is 12.3. The van der Waals surface area contributed by atoms with Crippen LogP contribution in [0.3, 0.4) is 0 Å². The molecule has 1 saturated carbocycles. The summed E-state index contributed by atoms with van der Waals surface area (Å²) in [4.78, 5) is 14.5. The zero-order valence-electron chi connectivity index (χ0n) is 15.3. The van der Waals surface area contributed by atoms with E-state index >= 15 is 0 Å². The fourth-order valence-electron chi connectivity index (χ4n) is 4.45. The van der Waals surface area contributed by atoms with Gasteiger partial charge in [-0.15, -0.1) is 6.42 Å². The molecule has 1 saturated heterocycles. The number of ether oxygens (including phenoxy) is 1. The maximum atomic E-state index is 12.3. The third kappa shape index (κ3) is 2.97. The minimum Gasteiger partial charge on any atom is -0.387 e. The summed E-state index contributed by atoms with van der Waals surface area (Å²) in [6.45, 7) is 5.31. The van der Waals surface area contributed by atoms with Crippen molar-refractivity contribution in [3.05, 3.63) is 23.3 Å². The predicted molar refractivity (Wildman–Crippen MR) is 95.5 cm³/mol. The molecule has 3 atom stereocenters. The molecule has 2 fully saturated rings. The van der Waals surface area contributed by atoms with Crippen LogP contribution in [-0.4, -0.2) is 54.7 Å². The molecule has 0 bridgehead atoms. The lowest BCUT2D eigenvalue weighted by molar-refractivity contribution is -0.174. The Morgan fingerprint density at radius 3 is 2.88 bits per heavy atom. The number of aliphatic hydroxyl groups is 1. The van der Waals surface area contributed by atoms with E-state index in [1.54, 1.807) is 7.11 Å². The van der Waals surface area contributed by atoms with Gasteiger partial charge >= 0.3 is 0 Å². The molecule has 1 N–H and O–H groups in total. The van der Waals surface area contributed by atoms with Gasteiger partial charge in [0.2, 0.25) is 0 Å². The number of Topliss-reactive ketones (excluding diaryl/α,β-unsaturated/α-hetero) is 1. The second-order valence-electron chi connectivity index (χ2n) is 7.19. The Hall–Kier alpha value is -1.41. The first-order chi connectivity index (χ1) is 11.3. The van der Waals surface area contributed by atoms with Gasteiger partial charge in [-0.1, -0.05) is 18.1 Å². The van der Waals surface area contributed by atoms with E-state index in [1.165, 1.54) is 0 Å². The minimum absolute atomic E-state index is 0.0431. The number of nitrogens with zero attached hydrogens (tertiary/aromatic N) is 1. The number of likely N-dealkylation sites (tertiary alicyclic amines) is 1. The zero-order valence-corrected chi connectivity index (χ0v) is 15.3. The van der Waals surface area contributed by atoms with Crippen LogP contribution in [0.1, 0.15) is 39.5 Å². The summed E-state index contributed by atoms with van der Waals surface area (Å²) in [7, 11) is 3.66. The molecule has 3 unspecified atom stereocenters. The average Bonchev–Trinajstić information content (AvgIpc) is 2.55. The molecule has 24 heavy (non-hydrogen) atoms. The fourth-order valence-corrected chi connectivity index (χ4v) is 4.45. The van der Waals surface area contributed by atoms with Crippen LogP contribution in [0.4, 0.5) is 0 Å². The van der Waals surface area contributed by atoms with E-state index in [4.69, 9.17) is 11.2 Å². The number of piperidine rings is 1. The molecule has 4 nitrogen and oxygen atoms in total. The van der Waals surface area contributed by atoms with E-state index in [1.807, 2.05) is 33.0 Å². The molecule has 1 aliphatic heterocycles. The number of rotatable bonds is 4. The van der Waals surface area contributed by atoms with Crippen LogP contribution in [-0.2, 0) is 9.53 Å². The van der Waals surface area contributed by atoms with Crippen LogP contribution in [0.2, 0.25) is 0 Å². The number of carbonyl (C=O) groups is 1. The number of allylic oxidation sites excluding steroid dienone is 2. The fraction of sp³-hybridized carbons (Fsp3) is 0.650. The lowest BCUT2D eigenvalue weighted by Gasteiger charge is -2.59. The Kier molecular flexibility index (Phi) is 5.70. The highest BCUT2D eigenvalue weighted by atomic mass is 16.5. The predicted octanol–water partition coefficient (Wildman–Crippen LogP) is 2.33. The number of carbonyl (C=O) groups excluding carboxylic acids is 1. The van der Waals surface area contributed by atoms with Crippen molar-refractivity contribution >= 4 is 5.78 Å². The Labute approximate surface area is 145 Å². The number of fused-ring (bicyclic) bond motifs is 1. The Morgan fingerprint density at radius 1 is 1.54 bits per heavy atom. The first-order valence-corrected chi connectivity index (χ1v) is 8.60. The second-order valence-corrected chi connectivity index (χ2v) is 7.19. The van der Waals surface area contributed by atoms with Gasteiger partial charge in [0.25, 0.3) is 0 Å². The van der Waals surface area contributed by atoms with E-state index in [0.717, 1.165) is 17.7 Å². The number of hydrogen-bond acceptors (Lipinski definition) is 4. The van der Waals surface area contributed by atoms with Crippen molar-refractivity contribution in [2.45, 2.75) is 51.2 Å². The number of ketones is 1. The van der Waals surface area contributed by atoms with E-state index < -0.39 is 11.0 Å². The lowest BCUT2D eigenvalue weighted by Crippen LogP contribution is -2.67. The van der Waals surface area contributed by atoms with Gasteiger partial charge in [-0.25, -0.2) is 0 Å². The molecule has 0 radical (unpaired) electrons. The molecular formula is C20H29NO3. The van der Waals surface area contributed by atoms with Crippen LogP contribution in [0.15, 0.2) is 23.3 Å². The first kappa shape index (κ1) is 18.9. The van der Waals surface area contributed by atoms with Crippen LogP contribution in [0, 0.1) is 17.8 Å². The van der Waals surface area contributed by atoms with E-state index in [2.05, 4.69) is 10.8 Å². The van der Waals surface area contributed by atoms with Gasteiger partial charge in [-0.3, -0.25) is 4.79 Å². The quantitative estimate of drug-likeness (QED) is 0.634. The molecule has 0 aromatic heterocycles. The highest BCUT2D eigenvalue weighted by Crippen LogP contribution is 2.56. The van der Waals surface area contributed by atoms with Crippen LogP contribution >= 0.6 is 0 Å². The van der Waals surface area contributed by atoms with Crippen molar-refractivity contribution in [2.75, 3.05) is 27.3 Å². The molecule has 0 aromatic rings. The minimum atomic E-state index is -0.980. The first-order valence-electron chi connectivity index (χ1n) is 8.60. The molecule has 1 aliphatic carbocycles. The summed E-state index contributed by atoms with van der Waals surface area (Å²) in [5, 5.41) is 11.6. The van der Waals surface area contributed by atoms with Crippen LogP contribution in [0.25, 0.3) is 0 Å². The zero-order chi connectivity index (χ0) is 18.0. The second kappa shape index (κ2) is 7.23. The van der Waals surface area contributed by atoms with Crippen molar-refractivity contribution < 1.29 is 14.6 Å². The normalized spacial score (nSPS) is 35.5. The maximum Gasteiger partial charge on any atom is 0.134 e. The Bertz CT molecular complexity index is 600. The highest BCUT2D eigenvalue weighted by Gasteiger charge is 2.61. The van der Waals surface area contributed by atoms with Gasteiger partial charge < -0.3 is 14.7 Å². The van der Waals surface area contributed by atoms with Gasteiger partial charge in [0, 0.05) is 37.0 Å². The van der Waals surface area contributed by atoms with Crippen molar-refractivity contribution in [3.63, 3.8) is 0 Å². The van der Waals surface area contributed by atoms with Crippen LogP contribution < -0.4 is 0 Å². The van der Waals surface area contributed by atoms with Crippen molar-refractivity contribution in [1.29, 1.82) is 0 Å². The van der Waals surface area contributed by atoms with Gasteiger partial charge in [0.15, 0.2) is 0 Å². The van der Waals surface area contributed by atoms with Crippen molar-refractivity contribution in [2.24, 2.45) is 5.41 Å². The molecule has 0 spiro atoms.